The number of imide groups is 1. The molecule has 0 aromatic carbocycles. The molecule has 0 radical (unpaired) electrons. The maximum absolute atomic E-state index is 12.3. The third kappa shape index (κ3) is 4.48. The predicted molar refractivity (Wildman–Crippen MR) is 101 cm³/mol. The molecule has 0 fully saturated rings. The van der Waals surface area contributed by atoms with E-state index in [1.165, 1.54) is 20.2 Å². The lowest BCUT2D eigenvalue weighted by molar-refractivity contribution is -0.919. The molecule has 1 aliphatic rings. The van der Waals surface area contributed by atoms with E-state index in [2.05, 4.69) is 46.5 Å². The van der Waals surface area contributed by atoms with Crippen LogP contribution in [0.25, 0.3) is 0 Å². The Kier molecular flexibility index (Phi) is 6.23. The van der Waals surface area contributed by atoms with Crippen molar-refractivity contribution in [2.45, 2.75) is 32.2 Å². The number of hydrogen-bond acceptors (Lipinski definition) is 4. The summed E-state index contributed by atoms with van der Waals surface area (Å²) in [6.07, 6.45) is 2.91. The number of thiophene rings is 2. The van der Waals surface area contributed by atoms with Crippen molar-refractivity contribution in [3.63, 3.8) is 0 Å². The highest BCUT2D eigenvalue weighted by molar-refractivity contribution is 7.10. The Bertz CT molecular complexity index is 712. The SMILES string of the molecule is CCCCNC(=O)NC(=O)C[NH+]1CCc2sccc2[C@@H]1c1cccs1. The van der Waals surface area contributed by atoms with Gasteiger partial charge in [0.05, 0.1) is 11.4 Å². The van der Waals surface area contributed by atoms with Crippen LogP contribution in [0.2, 0.25) is 0 Å². The van der Waals surface area contributed by atoms with Gasteiger partial charge in [0.25, 0.3) is 5.91 Å². The van der Waals surface area contributed by atoms with E-state index in [1.807, 2.05) is 0 Å². The molecule has 5 nitrogen and oxygen atoms in total. The molecular formula is C18H24N3O2S2+. The summed E-state index contributed by atoms with van der Waals surface area (Å²) in [5.74, 6) is -0.218. The predicted octanol–water partition coefficient (Wildman–Crippen LogP) is 1.97. The van der Waals surface area contributed by atoms with Gasteiger partial charge in [0.15, 0.2) is 6.54 Å². The van der Waals surface area contributed by atoms with Gasteiger partial charge in [-0.1, -0.05) is 19.4 Å². The summed E-state index contributed by atoms with van der Waals surface area (Å²) < 4.78 is 0. The molecule has 1 unspecified atom stereocenters. The van der Waals surface area contributed by atoms with Crippen LogP contribution >= 0.6 is 22.7 Å². The highest BCUT2D eigenvalue weighted by Crippen LogP contribution is 2.31. The van der Waals surface area contributed by atoms with E-state index < -0.39 is 6.03 Å². The highest BCUT2D eigenvalue weighted by Gasteiger charge is 2.35. The highest BCUT2D eigenvalue weighted by atomic mass is 32.1. The first-order valence-corrected chi connectivity index (χ1v) is 10.5. The van der Waals surface area contributed by atoms with E-state index in [0.29, 0.717) is 13.1 Å². The quantitative estimate of drug-likeness (QED) is 0.673. The van der Waals surface area contributed by atoms with E-state index in [9.17, 15) is 9.59 Å². The molecule has 7 heteroatoms. The number of fused-ring (bicyclic) bond motifs is 1. The molecule has 25 heavy (non-hydrogen) atoms. The van der Waals surface area contributed by atoms with Gasteiger partial charge in [0, 0.05) is 23.4 Å². The van der Waals surface area contributed by atoms with Crippen LogP contribution in [0.3, 0.4) is 0 Å². The summed E-state index contributed by atoms with van der Waals surface area (Å²) in [7, 11) is 0. The Morgan fingerprint density at radius 2 is 2.16 bits per heavy atom. The Morgan fingerprint density at radius 1 is 1.28 bits per heavy atom. The fraction of sp³-hybridized carbons (Fsp3) is 0.444. The first kappa shape index (κ1) is 18.1. The fourth-order valence-electron chi connectivity index (χ4n) is 3.25. The molecule has 134 valence electrons. The topological polar surface area (TPSA) is 62.6 Å². The van der Waals surface area contributed by atoms with Crippen LogP contribution in [0.15, 0.2) is 29.0 Å². The van der Waals surface area contributed by atoms with Crippen LogP contribution in [-0.4, -0.2) is 31.6 Å². The molecule has 0 spiro atoms. The van der Waals surface area contributed by atoms with Crippen LogP contribution in [-0.2, 0) is 11.2 Å². The van der Waals surface area contributed by atoms with E-state index in [4.69, 9.17) is 0 Å². The molecule has 2 aromatic rings. The normalized spacial score (nSPS) is 19.2. The van der Waals surface area contributed by atoms with E-state index >= 15 is 0 Å². The largest absolute Gasteiger partial charge is 0.338 e. The van der Waals surface area contributed by atoms with Crippen molar-refractivity contribution >= 4 is 34.6 Å². The van der Waals surface area contributed by atoms with Gasteiger partial charge < -0.3 is 10.2 Å². The lowest BCUT2D eigenvalue weighted by Gasteiger charge is -2.31. The van der Waals surface area contributed by atoms with E-state index in [-0.39, 0.29) is 11.9 Å². The zero-order valence-electron chi connectivity index (χ0n) is 14.3. The molecule has 3 N–H and O–H groups in total. The third-order valence-electron chi connectivity index (χ3n) is 4.46. The number of quaternary nitrogens is 1. The Morgan fingerprint density at radius 3 is 2.92 bits per heavy atom. The van der Waals surface area contributed by atoms with Gasteiger partial charge in [-0.2, -0.15) is 0 Å². The van der Waals surface area contributed by atoms with Crippen molar-refractivity contribution in [2.75, 3.05) is 19.6 Å². The number of unbranched alkanes of at least 4 members (excludes halogenated alkanes) is 1. The van der Waals surface area contributed by atoms with Crippen molar-refractivity contribution < 1.29 is 14.5 Å². The average molecular weight is 379 g/mol. The van der Waals surface area contributed by atoms with E-state index in [1.54, 1.807) is 22.7 Å². The molecule has 3 heterocycles. The summed E-state index contributed by atoms with van der Waals surface area (Å²) in [5, 5.41) is 9.40. The smallest absolute Gasteiger partial charge is 0.321 e. The zero-order valence-corrected chi connectivity index (χ0v) is 16.0. The number of amides is 3. The van der Waals surface area contributed by atoms with Crippen LogP contribution in [0.5, 0.6) is 0 Å². The second-order valence-corrected chi connectivity index (χ2v) is 8.22. The molecular weight excluding hydrogens is 354 g/mol. The minimum Gasteiger partial charge on any atom is -0.338 e. The lowest BCUT2D eigenvalue weighted by atomic mass is 9.98. The molecule has 0 bridgehead atoms. The third-order valence-corrected chi connectivity index (χ3v) is 6.39. The minimum absolute atomic E-state index is 0.184. The maximum atomic E-state index is 12.3. The molecule has 3 amide bonds. The number of carbonyl (C=O) groups excluding carboxylic acids is 2. The van der Waals surface area contributed by atoms with Gasteiger partial charge in [-0.25, -0.2) is 4.79 Å². The van der Waals surface area contributed by atoms with E-state index in [0.717, 1.165) is 25.8 Å². The lowest BCUT2D eigenvalue weighted by Crippen LogP contribution is -3.14. The molecule has 2 aromatic heterocycles. The van der Waals surface area contributed by atoms with Crippen molar-refractivity contribution in [1.82, 2.24) is 10.6 Å². The number of nitrogens with one attached hydrogen (secondary N) is 3. The Balaban J connectivity index is 1.65. The molecule has 2 atom stereocenters. The summed E-state index contributed by atoms with van der Waals surface area (Å²) in [6.45, 7) is 3.87. The van der Waals surface area contributed by atoms with Crippen molar-refractivity contribution in [2.24, 2.45) is 0 Å². The van der Waals surface area contributed by atoms with Crippen LogP contribution < -0.4 is 15.5 Å². The molecule has 3 rings (SSSR count). The first-order chi connectivity index (χ1) is 12.2. The maximum Gasteiger partial charge on any atom is 0.321 e. The fourth-order valence-corrected chi connectivity index (χ4v) is 5.07. The molecule has 0 aliphatic carbocycles. The number of carbonyl (C=O) groups is 2. The second kappa shape index (κ2) is 8.60. The average Bonchev–Trinajstić information content (AvgIpc) is 3.26. The minimum atomic E-state index is -0.390. The zero-order chi connectivity index (χ0) is 17.6. The standard InChI is InChI=1S/C18H23N3O2S2/c1-2-3-8-19-18(23)20-16(22)12-21-9-6-14-13(7-11-25-14)17(21)15-5-4-10-24-15/h4-5,7,10-11,17H,2-3,6,8-9,12H2,1H3,(H2,19,20,22,23)/p+1/t17-/m1/s1. The number of urea groups is 1. The Labute approximate surface area is 156 Å². The summed E-state index contributed by atoms with van der Waals surface area (Å²) in [4.78, 5) is 28.0. The number of hydrogen-bond donors (Lipinski definition) is 3. The molecule has 0 saturated heterocycles. The van der Waals surface area contributed by atoms with Gasteiger partial charge >= 0.3 is 6.03 Å². The van der Waals surface area contributed by atoms with Gasteiger partial charge in [-0.15, -0.1) is 22.7 Å². The molecule has 1 aliphatic heterocycles. The van der Waals surface area contributed by atoms with Gasteiger partial charge in [0.1, 0.15) is 6.04 Å². The van der Waals surface area contributed by atoms with Gasteiger partial charge in [-0.05, 0) is 29.3 Å². The first-order valence-electron chi connectivity index (χ1n) is 8.71. The summed E-state index contributed by atoms with van der Waals surface area (Å²) in [5.41, 5.74) is 1.33. The van der Waals surface area contributed by atoms with Gasteiger partial charge in [-0.3, -0.25) is 10.1 Å². The molecule has 0 saturated carbocycles. The van der Waals surface area contributed by atoms with Gasteiger partial charge in [0.2, 0.25) is 0 Å². The van der Waals surface area contributed by atoms with Crippen molar-refractivity contribution in [1.29, 1.82) is 0 Å². The number of rotatable bonds is 6. The van der Waals surface area contributed by atoms with Crippen molar-refractivity contribution in [3.05, 3.63) is 44.3 Å². The van der Waals surface area contributed by atoms with Crippen LogP contribution in [0, 0.1) is 0 Å². The summed E-state index contributed by atoms with van der Waals surface area (Å²) >= 11 is 3.52. The second-order valence-electron chi connectivity index (χ2n) is 6.24. The monoisotopic (exact) mass is 378 g/mol. The van der Waals surface area contributed by atoms with Crippen LogP contribution in [0.1, 0.15) is 41.1 Å². The Hall–Kier alpha value is -1.70. The summed E-state index contributed by atoms with van der Waals surface area (Å²) in [6, 6.07) is 6.17. The van der Waals surface area contributed by atoms with Crippen molar-refractivity contribution in [3.8, 4) is 0 Å². The van der Waals surface area contributed by atoms with Crippen LogP contribution in [0.4, 0.5) is 4.79 Å².